The Labute approximate surface area is 121 Å². The second-order valence-electron chi connectivity index (χ2n) is 4.20. The van der Waals surface area contributed by atoms with Crippen LogP contribution in [0.25, 0.3) is 0 Å². The minimum absolute atomic E-state index is 0.0149. The van der Waals surface area contributed by atoms with Crippen LogP contribution in [0.1, 0.15) is 22.3 Å². The minimum atomic E-state index is -0.463. The van der Waals surface area contributed by atoms with Gasteiger partial charge in [-0.1, -0.05) is 0 Å². The summed E-state index contributed by atoms with van der Waals surface area (Å²) in [6, 6.07) is 4.33. The van der Waals surface area contributed by atoms with E-state index in [0.29, 0.717) is 17.7 Å². The number of nitro groups is 1. The number of amides is 1. The van der Waals surface area contributed by atoms with Crippen molar-refractivity contribution in [3.63, 3.8) is 0 Å². The molecule has 1 rings (SSSR count). The molecular weight excluding hydrogens is 280 g/mol. The molecule has 0 aliphatic rings. The summed E-state index contributed by atoms with van der Waals surface area (Å²) in [4.78, 5) is 22.1. The zero-order valence-corrected chi connectivity index (χ0v) is 12.1. The summed E-state index contributed by atoms with van der Waals surface area (Å²) in [6.07, 6.45) is 0.750. The summed E-state index contributed by atoms with van der Waals surface area (Å²) >= 11 is 1.66. The van der Waals surface area contributed by atoms with Crippen LogP contribution in [0.5, 0.6) is 0 Å². The van der Waals surface area contributed by atoms with Crippen molar-refractivity contribution in [3.05, 3.63) is 39.4 Å². The third-order valence-corrected chi connectivity index (χ3v) is 3.70. The van der Waals surface area contributed by atoms with Crippen LogP contribution in [0.15, 0.2) is 18.2 Å². The number of rotatable bonds is 8. The lowest BCUT2D eigenvalue weighted by atomic mass is 10.1. The summed E-state index contributed by atoms with van der Waals surface area (Å²) in [6.45, 7) is 2.33. The molecule has 0 atom stereocenters. The smallest absolute Gasteiger partial charge is 0.272 e. The number of carbonyl (C=O) groups is 1. The summed E-state index contributed by atoms with van der Waals surface area (Å²) in [5, 5.41) is 22.1. The van der Waals surface area contributed by atoms with Gasteiger partial charge in [0.25, 0.3) is 11.6 Å². The summed E-state index contributed by atoms with van der Waals surface area (Å²) in [7, 11) is 0. The topological polar surface area (TPSA) is 92.5 Å². The van der Waals surface area contributed by atoms with Crippen LogP contribution >= 0.6 is 11.8 Å². The van der Waals surface area contributed by atoms with E-state index in [1.54, 1.807) is 18.7 Å². The van der Waals surface area contributed by atoms with Gasteiger partial charge in [-0.05, 0) is 31.2 Å². The second-order valence-corrected chi connectivity index (χ2v) is 5.43. The van der Waals surface area contributed by atoms with Crippen LogP contribution in [-0.4, -0.2) is 40.6 Å². The molecule has 2 N–H and O–H groups in total. The average molecular weight is 298 g/mol. The molecule has 20 heavy (non-hydrogen) atoms. The Bertz CT molecular complexity index is 479. The number of hydrogen-bond donors (Lipinski definition) is 2. The molecule has 0 saturated carbocycles. The van der Waals surface area contributed by atoms with E-state index < -0.39 is 4.92 Å². The summed E-state index contributed by atoms with van der Waals surface area (Å²) in [5.41, 5.74) is 0.912. The van der Waals surface area contributed by atoms with Crippen molar-refractivity contribution in [1.82, 2.24) is 5.32 Å². The second kappa shape index (κ2) is 8.55. The van der Waals surface area contributed by atoms with Crippen LogP contribution < -0.4 is 5.32 Å². The number of benzene rings is 1. The van der Waals surface area contributed by atoms with E-state index >= 15 is 0 Å². The third kappa shape index (κ3) is 5.18. The fourth-order valence-electron chi connectivity index (χ4n) is 1.61. The van der Waals surface area contributed by atoms with E-state index in [0.717, 1.165) is 17.9 Å². The SMILES string of the molecule is Cc1cc(C(=O)NCCSCCCO)ccc1[N+](=O)[O-]. The molecule has 110 valence electrons. The molecule has 0 radical (unpaired) electrons. The Morgan fingerprint density at radius 3 is 2.80 bits per heavy atom. The summed E-state index contributed by atoms with van der Waals surface area (Å²) in [5.74, 6) is 1.41. The van der Waals surface area contributed by atoms with Gasteiger partial charge in [0, 0.05) is 36.1 Å². The first-order valence-corrected chi connectivity index (χ1v) is 7.43. The molecule has 0 spiro atoms. The van der Waals surface area contributed by atoms with Crippen molar-refractivity contribution in [3.8, 4) is 0 Å². The highest BCUT2D eigenvalue weighted by Gasteiger charge is 2.13. The molecule has 0 aliphatic carbocycles. The number of thioether (sulfide) groups is 1. The number of carbonyl (C=O) groups excluding carboxylic acids is 1. The molecule has 0 bridgehead atoms. The molecule has 0 fully saturated rings. The number of hydrogen-bond acceptors (Lipinski definition) is 5. The first kappa shape index (κ1) is 16.5. The lowest BCUT2D eigenvalue weighted by Crippen LogP contribution is -2.25. The van der Waals surface area contributed by atoms with Gasteiger partial charge in [-0.2, -0.15) is 11.8 Å². The maximum Gasteiger partial charge on any atom is 0.272 e. The standard InChI is InChI=1S/C13H18N2O4S/c1-10-9-11(3-4-12(10)15(18)19)13(17)14-5-8-20-7-2-6-16/h3-4,9,16H,2,5-8H2,1H3,(H,14,17). The highest BCUT2D eigenvalue weighted by atomic mass is 32.2. The van der Waals surface area contributed by atoms with Crippen molar-refractivity contribution in [1.29, 1.82) is 0 Å². The maximum atomic E-state index is 11.8. The van der Waals surface area contributed by atoms with Crippen molar-refractivity contribution in [2.75, 3.05) is 24.7 Å². The van der Waals surface area contributed by atoms with Gasteiger partial charge in [-0.3, -0.25) is 14.9 Å². The zero-order valence-electron chi connectivity index (χ0n) is 11.3. The molecule has 0 aliphatic heterocycles. The van der Waals surface area contributed by atoms with E-state index in [-0.39, 0.29) is 18.2 Å². The third-order valence-electron chi connectivity index (χ3n) is 2.63. The maximum absolute atomic E-state index is 11.8. The van der Waals surface area contributed by atoms with E-state index in [1.807, 2.05) is 0 Å². The highest BCUT2D eigenvalue weighted by molar-refractivity contribution is 7.99. The van der Waals surface area contributed by atoms with Gasteiger partial charge >= 0.3 is 0 Å². The van der Waals surface area contributed by atoms with Gasteiger partial charge in [-0.25, -0.2) is 0 Å². The van der Waals surface area contributed by atoms with E-state index in [9.17, 15) is 14.9 Å². The van der Waals surface area contributed by atoms with Crippen LogP contribution in [0.4, 0.5) is 5.69 Å². The van der Waals surface area contributed by atoms with Gasteiger partial charge in [0.05, 0.1) is 4.92 Å². The lowest BCUT2D eigenvalue weighted by Gasteiger charge is -2.06. The molecule has 7 heteroatoms. The predicted molar refractivity (Wildman–Crippen MR) is 79.2 cm³/mol. The fraction of sp³-hybridized carbons (Fsp3) is 0.462. The highest BCUT2D eigenvalue weighted by Crippen LogP contribution is 2.18. The van der Waals surface area contributed by atoms with Gasteiger partial charge in [0.2, 0.25) is 0 Å². The number of nitrogens with one attached hydrogen (secondary N) is 1. The molecule has 1 amide bonds. The van der Waals surface area contributed by atoms with E-state index in [4.69, 9.17) is 5.11 Å². The number of aliphatic hydroxyl groups excluding tert-OH is 1. The number of aryl methyl sites for hydroxylation is 1. The van der Waals surface area contributed by atoms with Crippen molar-refractivity contribution in [2.45, 2.75) is 13.3 Å². The minimum Gasteiger partial charge on any atom is -0.396 e. The van der Waals surface area contributed by atoms with Crippen molar-refractivity contribution >= 4 is 23.4 Å². The Morgan fingerprint density at radius 1 is 1.45 bits per heavy atom. The molecule has 1 aromatic rings. The van der Waals surface area contributed by atoms with Crippen LogP contribution in [-0.2, 0) is 0 Å². The van der Waals surface area contributed by atoms with Crippen LogP contribution in [0.2, 0.25) is 0 Å². The van der Waals surface area contributed by atoms with Crippen molar-refractivity contribution < 1.29 is 14.8 Å². The predicted octanol–water partition coefficient (Wildman–Crippen LogP) is 1.75. The van der Waals surface area contributed by atoms with Crippen LogP contribution in [0.3, 0.4) is 0 Å². The molecule has 0 heterocycles. The van der Waals surface area contributed by atoms with Gasteiger partial charge in [0.15, 0.2) is 0 Å². The van der Waals surface area contributed by atoms with Gasteiger partial charge < -0.3 is 10.4 Å². The molecule has 0 unspecified atom stereocenters. The van der Waals surface area contributed by atoms with Gasteiger partial charge in [-0.15, -0.1) is 0 Å². The van der Waals surface area contributed by atoms with E-state index in [2.05, 4.69) is 5.32 Å². The van der Waals surface area contributed by atoms with Crippen molar-refractivity contribution in [2.24, 2.45) is 0 Å². The first-order valence-electron chi connectivity index (χ1n) is 6.28. The summed E-state index contributed by atoms with van der Waals surface area (Å²) < 4.78 is 0. The monoisotopic (exact) mass is 298 g/mol. The number of nitro benzene ring substituents is 1. The zero-order chi connectivity index (χ0) is 15.0. The molecular formula is C13H18N2O4S. The van der Waals surface area contributed by atoms with Gasteiger partial charge in [0.1, 0.15) is 0 Å². The fourth-order valence-corrected chi connectivity index (χ4v) is 2.39. The molecule has 1 aromatic carbocycles. The Kier molecular flexibility index (Phi) is 7.03. The molecule has 0 saturated heterocycles. The Hall–Kier alpha value is -1.60. The Balaban J connectivity index is 2.44. The Morgan fingerprint density at radius 2 is 2.20 bits per heavy atom. The first-order chi connectivity index (χ1) is 9.56. The molecule has 0 aromatic heterocycles. The largest absolute Gasteiger partial charge is 0.396 e. The van der Waals surface area contributed by atoms with E-state index in [1.165, 1.54) is 18.2 Å². The number of nitrogens with zero attached hydrogens (tertiary/aromatic N) is 1. The normalized spacial score (nSPS) is 10.3. The number of aliphatic hydroxyl groups is 1. The lowest BCUT2D eigenvalue weighted by molar-refractivity contribution is -0.385. The quantitative estimate of drug-likeness (QED) is 0.433. The average Bonchev–Trinajstić information content (AvgIpc) is 2.41. The van der Waals surface area contributed by atoms with Crippen LogP contribution in [0, 0.1) is 17.0 Å². The molecule has 6 nitrogen and oxygen atoms in total.